The molecule has 110 valence electrons. The lowest BCUT2D eigenvalue weighted by atomic mass is 10.1. The minimum Gasteiger partial charge on any atom is -0.372 e. The van der Waals surface area contributed by atoms with Crippen LogP contribution in [0.2, 0.25) is 5.02 Å². The van der Waals surface area contributed by atoms with Crippen LogP contribution < -0.4 is 10.2 Å². The van der Waals surface area contributed by atoms with Gasteiger partial charge in [0, 0.05) is 31.9 Å². The molecule has 1 aliphatic heterocycles. The molecule has 0 spiro atoms. The third-order valence-corrected chi connectivity index (χ3v) is 4.05. The molecule has 1 N–H and O–H groups in total. The van der Waals surface area contributed by atoms with Crippen molar-refractivity contribution in [2.45, 2.75) is 44.9 Å². The van der Waals surface area contributed by atoms with Crippen LogP contribution >= 0.6 is 11.6 Å². The van der Waals surface area contributed by atoms with Crippen molar-refractivity contribution in [3.8, 4) is 0 Å². The summed E-state index contributed by atoms with van der Waals surface area (Å²) in [5.41, 5.74) is 1.01. The Morgan fingerprint density at radius 3 is 2.95 bits per heavy atom. The topological polar surface area (TPSA) is 37.4 Å². The molecule has 2 heterocycles. The van der Waals surface area contributed by atoms with Crippen molar-refractivity contribution >= 4 is 17.4 Å². The highest BCUT2D eigenvalue weighted by molar-refractivity contribution is 6.33. The number of anilines is 1. The van der Waals surface area contributed by atoms with Gasteiger partial charge in [-0.3, -0.25) is 0 Å². The second-order valence-electron chi connectivity index (χ2n) is 6.33. The first kappa shape index (κ1) is 14.1. The fourth-order valence-electron chi connectivity index (χ4n) is 2.55. The minimum absolute atomic E-state index is 0.143. The van der Waals surface area contributed by atoms with Gasteiger partial charge in [0.1, 0.15) is 5.82 Å². The lowest BCUT2D eigenvalue weighted by Crippen LogP contribution is -2.48. The van der Waals surface area contributed by atoms with Crippen LogP contribution in [0.4, 0.5) is 5.82 Å². The van der Waals surface area contributed by atoms with E-state index in [-0.39, 0.29) is 5.60 Å². The Labute approximate surface area is 125 Å². The summed E-state index contributed by atoms with van der Waals surface area (Å²) < 4.78 is 5.73. The zero-order valence-electron chi connectivity index (χ0n) is 12.2. The molecule has 2 fully saturated rings. The Hall–Kier alpha value is -0.840. The summed E-state index contributed by atoms with van der Waals surface area (Å²) in [4.78, 5) is 6.78. The molecule has 5 heteroatoms. The maximum absolute atomic E-state index is 6.41. The van der Waals surface area contributed by atoms with Crippen molar-refractivity contribution in [1.29, 1.82) is 0 Å². The van der Waals surface area contributed by atoms with Crippen molar-refractivity contribution < 1.29 is 4.74 Å². The Kier molecular flexibility index (Phi) is 3.89. The molecule has 0 bridgehead atoms. The summed E-state index contributed by atoms with van der Waals surface area (Å²) >= 11 is 6.41. The number of rotatable bonds is 4. The standard InChI is InChI=1S/C15H22ClN3O/c1-15(2)10-19(5-6-20-15)14-13(16)7-11(9-18-14)8-17-12-3-4-12/h7,9,12,17H,3-6,8,10H2,1-2H3. The van der Waals surface area contributed by atoms with Gasteiger partial charge in [-0.25, -0.2) is 4.98 Å². The van der Waals surface area contributed by atoms with Gasteiger partial charge in [-0.15, -0.1) is 0 Å². The van der Waals surface area contributed by atoms with E-state index in [9.17, 15) is 0 Å². The lowest BCUT2D eigenvalue weighted by Gasteiger charge is -2.39. The summed E-state index contributed by atoms with van der Waals surface area (Å²) in [6, 6.07) is 2.73. The van der Waals surface area contributed by atoms with E-state index in [1.54, 1.807) is 0 Å². The molecule has 1 aromatic rings. The van der Waals surface area contributed by atoms with Crippen LogP contribution in [0.15, 0.2) is 12.3 Å². The van der Waals surface area contributed by atoms with Crippen molar-refractivity contribution in [1.82, 2.24) is 10.3 Å². The van der Waals surface area contributed by atoms with Gasteiger partial charge >= 0.3 is 0 Å². The highest BCUT2D eigenvalue weighted by atomic mass is 35.5. The average molecular weight is 296 g/mol. The van der Waals surface area contributed by atoms with Crippen LogP contribution in [0.5, 0.6) is 0 Å². The molecule has 0 amide bonds. The molecule has 2 aliphatic rings. The van der Waals surface area contributed by atoms with Crippen molar-refractivity contribution in [2.75, 3.05) is 24.6 Å². The third kappa shape index (κ3) is 3.43. The number of hydrogen-bond donors (Lipinski definition) is 1. The number of nitrogens with zero attached hydrogens (tertiary/aromatic N) is 2. The lowest BCUT2D eigenvalue weighted by molar-refractivity contribution is -0.0279. The Bertz CT molecular complexity index is 488. The third-order valence-electron chi connectivity index (χ3n) is 3.78. The van der Waals surface area contributed by atoms with E-state index in [4.69, 9.17) is 16.3 Å². The van der Waals surface area contributed by atoms with Crippen LogP contribution in [0.1, 0.15) is 32.3 Å². The molecule has 0 radical (unpaired) electrons. The maximum atomic E-state index is 6.41. The zero-order chi connectivity index (χ0) is 14.2. The van der Waals surface area contributed by atoms with Gasteiger partial charge < -0.3 is 15.0 Å². The maximum Gasteiger partial charge on any atom is 0.147 e. The molecule has 3 rings (SSSR count). The van der Waals surface area contributed by atoms with Gasteiger partial charge in [-0.1, -0.05) is 11.6 Å². The number of aromatic nitrogens is 1. The summed E-state index contributed by atoms with van der Waals surface area (Å²) in [5.74, 6) is 0.873. The molecule has 4 nitrogen and oxygen atoms in total. The van der Waals surface area contributed by atoms with Crippen molar-refractivity contribution in [2.24, 2.45) is 0 Å². The number of pyridine rings is 1. The van der Waals surface area contributed by atoms with Crippen LogP contribution in [0, 0.1) is 0 Å². The molecule has 1 saturated carbocycles. The van der Waals surface area contributed by atoms with Gasteiger partial charge in [-0.2, -0.15) is 0 Å². The second-order valence-corrected chi connectivity index (χ2v) is 6.74. The smallest absolute Gasteiger partial charge is 0.147 e. The monoisotopic (exact) mass is 295 g/mol. The molecule has 1 aliphatic carbocycles. The summed E-state index contributed by atoms with van der Waals surface area (Å²) in [7, 11) is 0. The van der Waals surface area contributed by atoms with E-state index in [0.29, 0.717) is 6.04 Å². The number of ether oxygens (including phenoxy) is 1. The molecule has 1 saturated heterocycles. The molecule has 20 heavy (non-hydrogen) atoms. The molecular weight excluding hydrogens is 274 g/mol. The Morgan fingerprint density at radius 1 is 1.50 bits per heavy atom. The number of morpholine rings is 1. The first-order chi connectivity index (χ1) is 9.53. The Balaban J connectivity index is 1.69. The van der Waals surface area contributed by atoms with Crippen molar-refractivity contribution in [3.05, 3.63) is 22.8 Å². The normalized spacial score (nSPS) is 22.1. The molecule has 0 aromatic carbocycles. The van der Waals surface area contributed by atoms with Crippen LogP contribution in [0.25, 0.3) is 0 Å². The van der Waals surface area contributed by atoms with Crippen molar-refractivity contribution in [3.63, 3.8) is 0 Å². The van der Waals surface area contributed by atoms with Crippen LogP contribution in [0.3, 0.4) is 0 Å². The van der Waals surface area contributed by atoms with Gasteiger partial charge in [0.25, 0.3) is 0 Å². The molecular formula is C15H22ClN3O. The fourth-order valence-corrected chi connectivity index (χ4v) is 2.86. The van der Waals surface area contributed by atoms with Gasteiger partial charge in [0.2, 0.25) is 0 Å². The van der Waals surface area contributed by atoms with Crippen LogP contribution in [-0.4, -0.2) is 36.3 Å². The summed E-state index contributed by atoms with van der Waals surface area (Å²) in [6.45, 7) is 7.43. The number of halogens is 1. The Morgan fingerprint density at radius 2 is 2.30 bits per heavy atom. The van der Waals surface area contributed by atoms with Gasteiger partial charge in [-0.05, 0) is 38.3 Å². The second kappa shape index (κ2) is 5.51. The predicted molar refractivity (Wildman–Crippen MR) is 81.4 cm³/mol. The number of nitrogens with one attached hydrogen (secondary N) is 1. The average Bonchev–Trinajstić information content (AvgIpc) is 3.19. The first-order valence-corrected chi connectivity index (χ1v) is 7.68. The van der Waals surface area contributed by atoms with E-state index in [1.807, 2.05) is 12.3 Å². The SMILES string of the molecule is CC1(C)CN(c2ncc(CNC3CC3)cc2Cl)CCO1. The first-order valence-electron chi connectivity index (χ1n) is 7.30. The predicted octanol–water partition coefficient (Wildman–Crippen LogP) is 2.60. The summed E-state index contributed by atoms with van der Waals surface area (Å²) in [5, 5.41) is 4.21. The quantitative estimate of drug-likeness (QED) is 0.926. The highest BCUT2D eigenvalue weighted by Gasteiger charge is 2.29. The number of hydrogen-bond acceptors (Lipinski definition) is 4. The fraction of sp³-hybridized carbons (Fsp3) is 0.667. The van der Waals surface area contributed by atoms with E-state index in [1.165, 1.54) is 12.8 Å². The largest absolute Gasteiger partial charge is 0.372 e. The molecule has 0 atom stereocenters. The molecule has 1 aromatic heterocycles. The van der Waals surface area contributed by atoms with E-state index in [0.717, 1.165) is 42.6 Å². The van der Waals surface area contributed by atoms with Gasteiger partial charge in [0.15, 0.2) is 0 Å². The van der Waals surface area contributed by atoms with E-state index >= 15 is 0 Å². The van der Waals surface area contributed by atoms with E-state index < -0.39 is 0 Å². The van der Waals surface area contributed by atoms with E-state index in [2.05, 4.69) is 29.0 Å². The zero-order valence-corrected chi connectivity index (χ0v) is 12.9. The highest BCUT2D eigenvalue weighted by Crippen LogP contribution is 2.28. The molecule has 0 unspecified atom stereocenters. The minimum atomic E-state index is -0.143. The van der Waals surface area contributed by atoms with Gasteiger partial charge in [0.05, 0.1) is 17.2 Å². The summed E-state index contributed by atoms with van der Waals surface area (Å²) in [6.07, 6.45) is 4.52. The van der Waals surface area contributed by atoms with Crippen LogP contribution in [-0.2, 0) is 11.3 Å².